The van der Waals surface area contributed by atoms with Crippen LogP contribution in [0.5, 0.6) is 5.75 Å². The van der Waals surface area contributed by atoms with Crippen LogP contribution in [0.15, 0.2) is 18.2 Å². The van der Waals surface area contributed by atoms with Crippen molar-refractivity contribution in [3.8, 4) is 5.75 Å². The fourth-order valence-corrected chi connectivity index (χ4v) is 1.16. The number of phenolic OH excluding ortho intramolecular Hbond substituents is 1. The number of halogens is 3. The van der Waals surface area contributed by atoms with E-state index in [-0.39, 0.29) is 11.3 Å². The lowest BCUT2D eigenvalue weighted by Crippen LogP contribution is -2.28. The number of aromatic hydroxyl groups is 1. The summed E-state index contributed by atoms with van der Waals surface area (Å²) in [6.07, 6.45) is -4.49. The minimum absolute atomic E-state index is 0.130. The number of alkyl halides is 3. The summed E-state index contributed by atoms with van der Waals surface area (Å²) in [5, 5.41) is 9.09. The van der Waals surface area contributed by atoms with Crippen LogP contribution in [0.1, 0.15) is 17.2 Å². The average Bonchev–Trinajstić information content (AvgIpc) is 1.99. The summed E-state index contributed by atoms with van der Waals surface area (Å²) >= 11 is 0. The molecule has 0 amide bonds. The Labute approximate surface area is 79.2 Å². The SMILES string of the molecule is Cc1cc(O)cc([C@H](N)C(F)(F)F)c1. The molecule has 14 heavy (non-hydrogen) atoms. The van der Waals surface area contributed by atoms with Gasteiger partial charge in [-0.05, 0) is 30.2 Å². The van der Waals surface area contributed by atoms with Gasteiger partial charge < -0.3 is 10.8 Å². The highest BCUT2D eigenvalue weighted by Gasteiger charge is 2.37. The van der Waals surface area contributed by atoms with Crippen LogP contribution < -0.4 is 5.73 Å². The maximum Gasteiger partial charge on any atom is 0.407 e. The summed E-state index contributed by atoms with van der Waals surface area (Å²) in [5.41, 5.74) is 5.39. The highest BCUT2D eigenvalue weighted by Crippen LogP contribution is 2.32. The van der Waals surface area contributed by atoms with Crippen molar-refractivity contribution in [2.75, 3.05) is 0 Å². The quantitative estimate of drug-likeness (QED) is 0.738. The topological polar surface area (TPSA) is 46.2 Å². The van der Waals surface area contributed by atoms with E-state index in [0.717, 1.165) is 6.07 Å². The van der Waals surface area contributed by atoms with E-state index in [1.807, 2.05) is 0 Å². The Balaban J connectivity index is 3.07. The molecule has 5 heteroatoms. The maximum atomic E-state index is 12.2. The zero-order chi connectivity index (χ0) is 10.9. The Hall–Kier alpha value is -1.23. The van der Waals surface area contributed by atoms with Crippen LogP contribution in [0.3, 0.4) is 0 Å². The molecular weight excluding hydrogens is 195 g/mol. The minimum atomic E-state index is -4.49. The molecule has 0 saturated carbocycles. The number of nitrogens with two attached hydrogens (primary N) is 1. The molecule has 0 unspecified atom stereocenters. The molecule has 0 aliphatic carbocycles. The number of hydrogen-bond donors (Lipinski definition) is 2. The van der Waals surface area contributed by atoms with Gasteiger partial charge in [0.2, 0.25) is 0 Å². The largest absolute Gasteiger partial charge is 0.508 e. The van der Waals surface area contributed by atoms with Crippen LogP contribution >= 0.6 is 0 Å². The third-order valence-corrected chi connectivity index (χ3v) is 1.80. The molecule has 0 fully saturated rings. The molecule has 0 saturated heterocycles. The predicted molar refractivity (Wildman–Crippen MR) is 45.8 cm³/mol. The van der Waals surface area contributed by atoms with E-state index in [1.54, 1.807) is 6.92 Å². The van der Waals surface area contributed by atoms with Crippen LogP contribution in [0, 0.1) is 6.92 Å². The zero-order valence-corrected chi connectivity index (χ0v) is 7.47. The van der Waals surface area contributed by atoms with Gasteiger partial charge >= 0.3 is 6.18 Å². The van der Waals surface area contributed by atoms with Crippen LogP contribution in [-0.4, -0.2) is 11.3 Å². The predicted octanol–water partition coefficient (Wildman–Crippen LogP) is 2.26. The highest BCUT2D eigenvalue weighted by molar-refractivity contribution is 5.34. The fourth-order valence-electron chi connectivity index (χ4n) is 1.16. The molecule has 2 nitrogen and oxygen atoms in total. The van der Waals surface area contributed by atoms with Crippen molar-refractivity contribution in [3.05, 3.63) is 29.3 Å². The molecule has 1 atom stereocenters. The van der Waals surface area contributed by atoms with Crippen molar-refractivity contribution in [2.45, 2.75) is 19.1 Å². The molecule has 1 rings (SSSR count). The normalized spacial score (nSPS) is 14.1. The van der Waals surface area contributed by atoms with E-state index in [2.05, 4.69) is 0 Å². The van der Waals surface area contributed by atoms with Gasteiger partial charge in [0.15, 0.2) is 0 Å². The molecule has 0 bridgehead atoms. The van der Waals surface area contributed by atoms with Gasteiger partial charge in [-0.2, -0.15) is 13.2 Å². The average molecular weight is 205 g/mol. The van der Waals surface area contributed by atoms with E-state index in [1.165, 1.54) is 12.1 Å². The Morgan fingerprint density at radius 1 is 1.29 bits per heavy atom. The van der Waals surface area contributed by atoms with E-state index >= 15 is 0 Å². The smallest absolute Gasteiger partial charge is 0.407 e. The van der Waals surface area contributed by atoms with E-state index in [9.17, 15) is 13.2 Å². The summed E-state index contributed by atoms with van der Waals surface area (Å²) in [7, 11) is 0. The summed E-state index contributed by atoms with van der Waals surface area (Å²) < 4.78 is 36.6. The Morgan fingerprint density at radius 3 is 2.29 bits per heavy atom. The molecule has 78 valence electrons. The van der Waals surface area contributed by atoms with Gasteiger partial charge in [0.1, 0.15) is 11.8 Å². The van der Waals surface area contributed by atoms with Crippen LogP contribution in [0.2, 0.25) is 0 Å². The third-order valence-electron chi connectivity index (χ3n) is 1.80. The molecule has 0 heterocycles. The van der Waals surface area contributed by atoms with Crippen molar-refractivity contribution < 1.29 is 18.3 Å². The summed E-state index contributed by atoms with van der Waals surface area (Å²) in [4.78, 5) is 0. The van der Waals surface area contributed by atoms with Crippen molar-refractivity contribution in [2.24, 2.45) is 5.73 Å². The van der Waals surface area contributed by atoms with Crippen molar-refractivity contribution in [3.63, 3.8) is 0 Å². The summed E-state index contributed by atoms with van der Waals surface area (Å²) in [5.74, 6) is -0.209. The van der Waals surface area contributed by atoms with Gasteiger partial charge in [-0.25, -0.2) is 0 Å². The van der Waals surface area contributed by atoms with Gasteiger partial charge in [0.05, 0.1) is 0 Å². The fraction of sp³-hybridized carbons (Fsp3) is 0.333. The van der Waals surface area contributed by atoms with Gasteiger partial charge in [0.25, 0.3) is 0 Å². The Morgan fingerprint density at radius 2 is 1.86 bits per heavy atom. The molecule has 0 aliphatic heterocycles. The van der Waals surface area contributed by atoms with Crippen LogP contribution in [0.25, 0.3) is 0 Å². The molecular formula is C9H10F3NO. The minimum Gasteiger partial charge on any atom is -0.508 e. The Kier molecular flexibility index (Phi) is 2.71. The lowest BCUT2D eigenvalue weighted by Gasteiger charge is -2.16. The number of hydrogen-bond acceptors (Lipinski definition) is 2. The first-order chi connectivity index (χ1) is 6.30. The van der Waals surface area contributed by atoms with Gasteiger partial charge in [-0.3, -0.25) is 0 Å². The lowest BCUT2D eigenvalue weighted by molar-refractivity contribution is -0.149. The standard InChI is InChI=1S/C9H10F3NO/c1-5-2-6(4-7(14)3-5)8(13)9(10,11)12/h2-4,8,14H,13H2,1H3/t8-/m0/s1. The Bertz CT molecular complexity index is 315. The van der Waals surface area contributed by atoms with E-state index in [4.69, 9.17) is 10.8 Å². The monoisotopic (exact) mass is 205 g/mol. The zero-order valence-electron chi connectivity index (χ0n) is 7.47. The molecule has 1 aromatic carbocycles. The molecule has 0 aromatic heterocycles. The summed E-state index contributed by atoms with van der Waals surface area (Å²) in [6.45, 7) is 1.59. The highest BCUT2D eigenvalue weighted by atomic mass is 19.4. The first-order valence-corrected chi connectivity index (χ1v) is 3.93. The molecule has 0 spiro atoms. The number of rotatable bonds is 1. The molecule has 0 aliphatic rings. The van der Waals surface area contributed by atoms with Gasteiger partial charge in [-0.1, -0.05) is 6.07 Å². The number of aryl methyl sites for hydroxylation is 1. The second-order valence-electron chi connectivity index (χ2n) is 3.12. The molecule has 0 radical (unpaired) electrons. The van der Waals surface area contributed by atoms with Gasteiger partial charge in [-0.15, -0.1) is 0 Å². The lowest BCUT2D eigenvalue weighted by atomic mass is 10.0. The number of benzene rings is 1. The molecule has 1 aromatic rings. The van der Waals surface area contributed by atoms with Gasteiger partial charge in [0, 0.05) is 0 Å². The third kappa shape index (κ3) is 2.38. The second kappa shape index (κ2) is 3.49. The summed E-state index contributed by atoms with van der Waals surface area (Å²) in [6, 6.07) is 1.64. The van der Waals surface area contributed by atoms with Crippen LogP contribution in [0.4, 0.5) is 13.2 Å². The van der Waals surface area contributed by atoms with Crippen molar-refractivity contribution >= 4 is 0 Å². The number of phenols is 1. The second-order valence-corrected chi connectivity index (χ2v) is 3.12. The van der Waals surface area contributed by atoms with Crippen molar-refractivity contribution in [1.29, 1.82) is 0 Å². The van der Waals surface area contributed by atoms with Crippen molar-refractivity contribution in [1.82, 2.24) is 0 Å². The molecule has 3 N–H and O–H groups in total. The maximum absolute atomic E-state index is 12.2. The first-order valence-electron chi connectivity index (χ1n) is 3.93. The van der Waals surface area contributed by atoms with E-state index in [0.29, 0.717) is 5.56 Å². The van der Waals surface area contributed by atoms with E-state index < -0.39 is 12.2 Å². The first kappa shape index (κ1) is 10.8. The van der Waals surface area contributed by atoms with Crippen LogP contribution in [-0.2, 0) is 0 Å².